The molecule has 2 heterocycles. The molecule has 2 aromatic carbocycles. The summed E-state index contributed by atoms with van der Waals surface area (Å²) in [7, 11) is -2.34. The van der Waals surface area contributed by atoms with Crippen LogP contribution < -0.4 is 10.3 Å². The molecule has 1 aromatic heterocycles. The van der Waals surface area contributed by atoms with Crippen molar-refractivity contribution in [1.82, 2.24) is 4.57 Å². The highest BCUT2D eigenvalue weighted by Crippen LogP contribution is 2.29. The van der Waals surface area contributed by atoms with Gasteiger partial charge in [-0.05, 0) is 44.0 Å². The molecule has 0 bridgehead atoms. The Bertz CT molecular complexity index is 1230. The summed E-state index contributed by atoms with van der Waals surface area (Å²) < 4.78 is 42.3. The molecule has 1 aliphatic heterocycles. The highest BCUT2D eigenvalue weighted by atomic mass is 32.2. The van der Waals surface area contributed by atoms with Gasteiger partial charge in [0, 0.05) is 26.3 Å². The zero-order valence-corrected chi connectivity index (χ0v) is 16.6. The van der Waals surface area contributed by atoms with Gasteiger partial charge in [0.2, 0.25) is 15.3 Å². The Morgan fingerprint density at radius 3 is 2.32 bits per heavy atom. The molecule has 1 saturated heterocycles. The predicted molar refractivity (Wildman–Crippen MR) is 107 cm³/mol. The maximum atomic E-state index is 14.7. The fraction of sp³-hybridized carbons (Fsp3) is 0.286. The molecule has 3 aromatic rings. The number of fused-ring (bicyclic) bond motifs is 1. The zero-order chi connectivity index (χ0) is 20.1. The van der Waals surface area contributed by atoms with Crippen LogP contribution in [0.1, 0.15) is 18.4 Å². The smallest absolute Gasteiger partial charge is 0.211 e. The molecule has 5 nitrogen and oxygen atoms in total. The van der Waals surface area contributed by atoms with Crippen molar-refractivity contribution in [2.75, 3.05) is 18.0 Å². The molecule has 0 N–H and O–H groups in total. The summed E-state index contributed by atoms with van der Waals surface area (Å²) in [6.45, 7) is 3.40. The molecule has 1 fully saturated rings. The minimum atomic E-state index is -4.01. The Labute approximate surface area is 162 Å². The number of aryl methyl sites for hydroxylation is 2. The lowest BCUT2D eigenvalue weighted by Gasteiger charge is -2.20. The van der Waals surface area contributed by atoms with E-state index in [1.165, 1.54) is 24.4 Å². The SMILES string of the molecule is Cc1ccc(S(=O)(=O)c2cn(C)c3cc(N4CCCC4)c(F)cc3c2=O)cc1. The van der Waals surface area contributed by atoms with Gasteiger partial charge in [-0.2, -0.15) is 0 Å². The van der Waals surface area contributed by atoms with Crippen LogP contribution in [0, 0.1) is 12.7 Å². The summed E-state index contributed by atoms with van der Waals surface area (Å²) in [5.74, 6) is -0.503. The van der Waals surface area contributed by atoms with Gasteiger partial charge in [0.05, 0.1) is 21.5 Å². The first-order valence-corrected chi connectivity index (χ1v) is 10.7. The Morgan fingerprint density at radius 2 is 1.68 bits per heavy atom. The highest BCUT2D eigenvalue weighted by molar-refractivity contribution is 7.91. The molecule has 0 amide bonds. The second-order valence-electron chi connectivity index (χ2n) is 7.26. The van der Waals surface area contributed by atoms with E-state index >= 15 is 0 Å². The van der Waals surface area contributed by atoms with Gasteiger partial charge in [-0.3, -0.25) is 4.79 Å². The van der Waals surface area contributed by atoms with Crippen molar-refractivity contribution in [3.63, 3.8) is 0 Å². The van der Waals surface area contributed by atoms with E-state index in [4.69, 9.17) is 0 Å². The Hall–Kier alpha value is -2.67. The van der Waals surface area contributed by atoms with Gasteiger partial charge in [-0.15, -0.1) is 0 Å². The predicted octanol–water partition coefficient (Wildman–Crippen LogP) is 3.42. The molecule has 0 saturated carbocycles. The maximum absolute atomic E-state index is 14.7. The van der Waals surface area contributed by atoms with Crippen LogP contribution in [0.25, 0.3) is 10.9 Å². The van der Waals surface area contributed by atoms with Crippen molar-refractivity contribution in [1.29, 1.82) is 0 Å². The average molecular weight is 400 g/mol. The first-order chi connectivity index (χ1) is 13.3. The first kappa shape index (κ1) is 18.7. The van der Waals surface area contributed by atoms with Crippen molar-refractivity contribution in [2.45, 2.75) is 29.6 Å². The monoisotopic (exact) mass is 400 g/mol. The van der Waals surface area contributed by atoms with Crippen molar-refractivity contribution in [3.8, 4) is 0 Å². The summed E-state index contributed by atoms with van der Waals surface area (Å²) in [5, 5.41) is 0.0659. The molecule has 28 heavy (non-hydrogen) atoms. The van der Waals surface area contributed by atoms with Gasteiger partial charge in [-0.25, -0.2) is 12.8 Å². The molecule has 0 atom stereocenters. The number of pyridine rings is 1. The fourth-order valence-corrected chi connectivity index (χ4v) is 5.10. The normalized spacial score (nSPS) is 14.8. The number of rotatable bonds is 3. The summed E-state index contributed by atoms with van der Waals surface area (Å²) >= 11 is 0. The van der Waals surface area contributed by atoms with Gasteiger partial charge in [0.25, 0.3) is 0 Å². The number of hydrogen-bond acceptors (Lipinski definition) is 4. The van der Waals surface area contributed by atoms with Crippen molar-refractivity contribution < 1.29 is 12.8 Å². The second-order valence-corrected chi connectivity index (χ2v) is 9.18. The topological polar surface area (TPSA) is 59.4 Å². The lowest BCUT2D eigenvalue weighted by Crippen LogP contribution is -2.21. The second kappa shape index (κ2) is 6.74. The number of aromatic nitrogens is 1. The van der Waals surface area contributed by atoms with Gasteiger partial charge >= 0.3 is 0 Å². The Kier molecular flexibility index (Phi) is 4.50. The summed E-state index contributed by atoms with van der Waals surface area (Å²) in [6.07, 6.45) is 3.33. The molecule has 0 unspecified atom stereocenters. The van der Waals surface area contributed by atoms with Crippen LogP contribution >= 0.6 is 0 Å². The molecular weight excluding hydrogens is 379 g/mol. The van der Waals surface area contributed by atoms with Crippen molar-refractivity contribution in [2.24, 2.45) is 7.05 Å². The summed E-state index contributed by atoms with van der Waals surface area (Å²) in [5.41, 5.74) is 1.20. The molecule has 0 aliphatic carbocycles. The van der Waals surface area contributed by atoms with Crippen molar-refractivity contribution in [3.05, 3.63) is 64.2 Å². The molecule has 0 radical (unpaired) electrons. The fourth-order valence-electron chi connectivity index (χ4n) is 3.70. The van der Waals surface area contributed by atoms with E-state index < -0.39 is 21.1 Å². The largest absolute Gasteiger partial charge is 0.369 e. The van der Waals surface area contributed by atoms with Crippen molar-refractivity contribution >= 4 is 26.4 Å². The van der Waals surface area contributed by atoms with E-state index in [2.05, 4.69) is 0 Å². The van der Waals surface area contributed by atoms with Crippen LogP contribution in [-0.4, -0.2) is 26.1 Å². The van der Waals surface area contributed by atoms with E-state index in [1.54, 1.807) is 29.8 Å². The third-order valence-corrected chi connectivity index (χ3v) is 7.05. The van der Waals surface area contributed by atoms with E-state index in [0.29, 0.717) is 11.2 Å². The highest BCUT2D eigenvalue weighted by Gasteiger charge is 2.25. The quantitative estimate of drug-likeness (QED) is 0.676. The van der Waals surface area contributed by atoms with E-state index in [1.807, 2.05) is 11.8 Å². The minimum absolute atomic E-state index is 0.0451. The van der Waals surface area contributed by atoms with Gasteiger partial charge in [0.1, 0.15) is 10.7 Å². The molecular formula is C21H21FN2O3S. The number of halogens is 1. The average Bonchev–Trinajstić information content (AvgIpc) is 3.19. The zero-order valence-electron chi connectivity index (χ0n) is 15.8. The third kappa shape index (κ3) is 2.99. The van der Waals surface area contributed by atoms with E-state index in [0.717, 1.165) is 31.5 Å². The van der Waals surface area contributed by atoms with Gasteiger partial charge in [-0.1, -0.05) is 17.7 Å². The van der Waals surface area contributed by atoms with Crippen LogP contribution in [0.15, 0.2) is 57.2 Å². The molecule has 7 heteroatoms. The number of sulfone groups is 1. The van der Waals surface area contributed by atoms with Gasteiger partial charge in [0.15, 0.2) is 0 Å². The molecule has 0 spiro atoms. The number of nitrogens with zero attached hydrogens (tertiary/aromatic N) is 2. The third-order valence-electron chi connectivity index (χ3n) is 5.29. The van der Waals surface area contributed by atoms with Crippen LogP contribution in [0.3, 0.4) is 0 Å². The number of hydrogen-bond donors (Lipinski definition) is 0. The summed E-state index contributed by atoms with van der Waals surface area (Å²) in [6, 6.07) is 9.12. The Balaban J connectivity index is 1.92. The molecule has 146 valence electrons. The number of benzene rings is 2. The van der Waals surface area contributed by atoms with E-state index in [9.17, 15) is 17.6 Å². The van der Waals surface area contributed by atoms with Crippen LogP contribution in [0.4, 0.5) is 10.1 Å². The van der Waals surface area contributed by atoms with Crippen LogP contribution in [0.2, 0.25) is 0 Å². The van der Waals surface area contributed by atoms with Gasteiger partial charge < -0.3 is 9.47 Å². The standard InChI is InChI=1S/C21H21FN2O3S/c1-14-5-7-15(8-6-14)28(26,27)20-13-23(2)18-12-19(24-9-3-4-10-24)17(22)11-16(18)21(20)25/h5-8,11-13H,3-4,9-10H2,1-2H3. The lowest BCUT2D eigenvalue weighted by molar-refractivity contribution is 0.594. The Morgan fingerprint density at radius 1 is 1.04 bits per heavy atom. The van der Waals surface area contributed by atoms with Crippen LogP contribution in [-0.2, 0) is 16.9 Å². The van der Waals surface area contributed by atoms with Crippen LogP contribution in [0.5, 0.6) is 0 Å². The number of anilines is 1. The first-order valence-electron chi connectivity index (χ1n) is 9.18. The molecule has 1 aliphatic rings. The maximum Gasteiger partial charge on any atom is 0.211 e. The minimum Gasteiger partial charge on any atom is -0.369 e. The summed E-state index contributed by atoms with van der Waals surface area (Å²) in [4.78, 5) is 14.6. The molecule has 4 rings (SSSR count). The van der Waals surface area contributed by atoms with E-state index in [-0.39, 0.29) is 15.2 Å². The lowest BCUT2D eigenvalue weighted by atomic mass is 10.1.